The Bertz CT molecular complexity index is 104. The molecule has 0 fully saturated rings. The second-order valence-electron chi connectivity index (χ2n) is 3.01. The minimum atomic E-state index is -0.927. The summed E-state index contributed by atoms with van der Waals surface area (Å²) >= 11 is 0. The van der Waals surface area contributed by atoms with Gasteiger partial charge in [0.25, 0.3) is 0 Å². The third-order valence-electron chi connectivity index (χ3n) is 1.41. The van der Waals surface area contributed by atoms with Crippen LogP contribution in [-0.2, 0) is 4.79 Å². The minimum absolute atomic E-state index is 0. The van der Waals surface area contributed by atoms with E-state index in [2.05, 4.69) is 13.8 Å². The fraction of sp³-hybridized carbons (Fsp3) is 0.875. The third-order valence-corrected chi connectivity index (χ3v) is 1.41. The number of carbonyl (C=O) groups is 1. The molecule has 0 aliphatic carbocycles. The van der Waals surface area contributed by atoms with E-state index in [-0.39, 0.29) is 63.3 Å². The van der Waals surface area contributed by atoms with Gasteiger partial charge in [0.1, 0.15) is 0 Å². The summed E-state index contributed by atoms with van der Waals surface area (Å²) in [6, 6.07) is 0. The summed E-state index contributed by atoms with van der Waals surface area (Å²) in [4.78, 5) is 9.93. The molecule has 2 N–H and O–H groups in total. The summed E-state index contributed by atoms with van der Waals surface area (Å²) in [6.07, 6.45) is 3.10. The first-order chi connectivity index (χ1) is 4.63. The molecule has 0 aliphatic heterocycles. The largest absolute Gasteiger partial charge is 1.00 e. The van der Waals surface area contributed by atoms with Crippen molar-refractivity contribution in [2.45, 2.75) is 39.5 Å². The molecule has 0 atom stereocenters. The number of carbonyl (C=O) groups excluding carboxylic acids is 1. The summed E-state index contributed by atoms with van der Waals surface area (Å²) in [6.45, 7) is 4.28. The smallest absolute Gasteiger partial charge is 0.550 e. The van der Waals surface area contributed by atoms with Gasteiger partial charge in [0, 0.05) is 5.97 Å². The van der Waals surface area contributed by atoms with Gasteiger partial charge in [-0.2, -0.15) is 0 Å². The fourth-order valence-corrected chi connectivity index (χ4v) is 0.822. The van der Waals surface area contributed by atoms with E-state index in [0.29, 0.717) is 5.92 Å². The van der Waals surface area contributed by atoms with E-state index in [9.17, 15) is 9.90 Å². The normalized spacial score (nSPS) is 8.58. The molecule has 3 nitrogen and oxygen atoms in total. The van der Waals surface area contributed by atoms with Crippen LogP contribution in [0.25, 0.3) is 0 Å². The van der Waals surface area contributed by atoms with Crippen LogP contribution in [0, 0.1) is 5.92 Å². The first-order valence-electron chi connectivity index (χ1n) is 3.82. The average Bonchev–Trinajstić information content (AvgIpc) is 1.79. The predicted octanol–water partition coefficient (Wildman–Crippen LogP) is -2.87. The maximum atomic E-state index is 9.93. The summed E-state index contributed by atoms with van der Waals surface area (Å²) in [5.41, 5.74) is 0. The van der Waals surface area contributed by atoms with Crippen molar-refractivity contribution in [1.82, 2.24) is 0 Å². The topological polar surface area (TPSA) is 71.6 Å². The number of hydrogen-bond donors (Lipinski definition) is 0. The quantitative estimate of drug-likeness (QED) is 0.353. The maximum Gasteiger partial charge on any atom is 1.00 e. The Kier molecular flexibility index (Phi) is 18.9. The molecule has 0 heterocycles. The first kappa shape index (κ1) is 18.8. The van der Waals surface area contributed by atoms with Gasteiger partial charge in [-0.1, -0.05) is 26.7 Å². The number of carboxylic acids is 1. The molecule has 68 valence electrons. The zero-order valence-corrected chi connectivity index (χ0v) is 11.3. The number of hydrogen-bond acceptors (Lipinski definition) is 2. The van der Waals surface area contributed by atoms with Gasteiger partial charge in [-0.3, -0.25) is 0 Å². The van der Waals surface area contributed by atoms with Gasteiger partial charge in [0.05, 0.1) is 0 Å². The van der Waals surface area contributed by atoms with Crippen LogP contribution >= 0.6 is 0 Å². The van der Waals surface area contributed by atoms with Gasteiger partial charge < -0.3 is 15.4 Å². The Morgan fingerprint density at radius 1 is 1.33 bits per heavy atom. The van der Waals surface area contributed by atoms with E-state index < -0.39 is 5.97 Å². The maximum absolute atomic E-state index is 9.93. The molecule has 0 saturated heterocycles. The van der Waals surface area contributed by atoms with Crippen LogP contribution in [0.3, 0.4) is 0 Å². The molecule has 0 bridgehead atoms. The van der Waals surface area contributed by atoms with Crippen molar-refractivity contribution >= 4 is 5.97 Å². The summed E-state index contributed by atoms with van der Waals surface area (Å²) in [7, 11) is 0. The van der Waals surface area contributed by atoms with Crippen molar-refractivity contribution in [2.75, 3.05) is 0 Å². The molecule has 0 amide bonds. The number of aliphatic carboxylic acids is 1. The number of carboxylic acid groups (broad SMARTS) is 1. The molecule has 0 aromatic rings. The van der Waals surface area contributed by atoms with Gasteiger partial charge in [0.15, 0.2) is 0 Å². The summed E-state index contributed by atoms with van der Waals surface area (Å²) < 4.78 is 0. The SMILES string of the molecule is CC(C)CCCCC(=O)[O-].O.[K+]. The summed E-state index contributed by atoms with van der Waals surface area (Å²) in [5.74, 6) is -0.245. The van der Waals surface area contributed by atoms with Crippen LogP contribution in [0.5, 0.6) is 0 Å². The van der Waals surface area contributed by atoms with Crippen molar-refractivity contribution in [3.8, 4) is 0 Å². The Morgan fingerprint density at radius 2 is 1.83 bits per heavy atom. The standard InChI is InChI=1S/C8H16O2.K.H2O/c1-7(2)5-3-4-6-8(9)10;;/h7H,3-6H2,1-2H3,(H,9,10);;1H2/q;+1;/p-1. The van der Waals surface area contributed by atoms with Crippen LogP contribution in [0.4, 0.5) is 0 Å². The third kappa shape index (κ3) is 17.2. The zero-order chi connectivity index (χ0) is 7.98. The van der Waals surface area contributed by atoms with Crippen LogP contribution in [0.1, 0.15) is 39.5 Å². The molecule has 0 rings (SSSR count). The predicted molar refractivity (Wildman–Crippen MR) is 41.9 cm³/mol. The Hall–Kier alpha value is 1.07. The van der Waals surface area contributed by atoms with E-state index >= 15 is 0 Å². The second kappa shape index (κ2) is 12.1. The molecule has 0 aromatic carbocycles. The van der Waals surface area contributed by atoms with Crippen molar-refractivity contribution in [3.05, 3.63) is 0 Å². The number of unbranched alkanes of at least 4 members (excludes halogenated alkanes) is 1. The van der Waals surface area contributed by atoms with Gasteiger partial charge in [-0.05, 0) is 18.8 Å². The molecule has 0 spiro atoms. The molecule has 0 unspecified atom stereocenters. The minimum Gasteiger partial charge on any atom is -0.550 e. The monoisotopic (exact) mass is 200 g/mol. The second-order valence-corrected chi connectivity index (χ2v) is 3.01. The van der Waals surface area contributed by atoms with Gasteiger partial charge in [-0.15, -0.1) is 0 Å². The molecule has 0 aliphatic rings. The zero-order valence-electron chi connectivity index (χ0n) is 8.22. The molecule has 0 aromatic heterocycles. The van der Waals surface area contributed by atoms with E-state index in [1.807, 2.05) is 0 Å². The van der Waals surface area contributed by atoms with Gasteiger partial charge in [-0.25, -0.2) is 0 Å². The fourth-order valence-electron chi connectivity index (χ4n) is 0.822. The van der Waals surface area contributed by atoms with E-state index in [0.717, 1.165) is 19.3 Å². The van der Waals surface area contributed by atoms with E-state index in [1.165, 1.54) is 0 Å². The molecular formula is C8H17KO3. The van der Waals surface area contributed by atoms with E-state index in [4.69, 9.17) is 0 Å². The Morgan fingerprint density at radius 3 is 2.17 bits per heavy atom. The molecule has 12 heavy (non-hydrogen) atoms. The van der Waals surface area contributed by atoms with Gasteiger partial charge >= 0.3 is 51.4 Å². The van der Waals surface area contributed by atoms with Crippen molar-refractivity contribution in [1.29, 1.82) is 0 Å². The van der Waals surface area contributed by atoms with E-state index in [1.54, 1.807) is 0 Å². The molecule has 0 radical (unpaired) electrons. The van der Waals surface area contributed by atoms with Crippen molar-refractivity contribution in [3.63, 3.8) is 0 Å². The molecular weight excluding hydrogens is 183 g/mol. The Balaban J connectivity index is -0.000000405. The van der Waals surface area contributed by atoms with Gasteiger partial charge in [0.2, 0.25) is 0 Å². The first-order valence-corrected chi connectivity index (χ1v) is 3.82. The van der Waals surface area contributed by atoms with Crippen molar-refractivity contribution in [2.24, 2.45) is 5.92 Å². The summed E-state index contributed by atoms with van der Waals surface area (Å²) in [5, 5.41) is 9.93. The van der Waals surface area contributed by atoms with Crippen LogP contribution in [0.15, 0.2) is 0 Å². The molecule has 0 saturated carbocycles. The van der Waals surface area contributed by atoms with Crippen molar-refractivity contribution < 1.29 is 66.8 Å². The van der Waals surface area contributed by atoms with Crippen LogP contribution < -0.4 is 56.5 Å². The Labute approximate surface area is 117 Å². The average molecular weight is 200 g/mol. The number of rotatable bonds is 5. The molecule has 4 heteroatoms. The van der Waals surface area contributed by atoms with Crippen LogP contribution in [-0.4, -0.2) is 11.4 Å². The van der Waals surface area contributed by atoms with Crippen LogP contribution in [0.2, 0.25) is 0 Å².